The van der Waals surface area contributed by atoms with E-state index >= 15 is 0 Å². The van der Waals surface area contributed by atoms with Crippen LogP contribution in [0, 0.1) is 0 Å². The summed E-state index contributed by atoms with van der Waals surface area (Å²) in [6, 6.07) is -0.741. The van der Waals surface area contributed by atoms with Crippen LogP contribution in [-0.2, 0) is 14.4 Å². The van der Waals surface area contributed by atoms with Gasteiger partial charge in [-0.2, -0.15) is 0 Å². The van der Waals surface area contributed by atoms with Crippen LogP contribution in [-0.4, -0.2) is 40.3 Å². The molecule has 13 heavy (non-hydrogen) atoms. The van der Waals surface area contributed by atoms with E-state index in [4.69, 9.17) is 5.11 Å². The highest BCUT2D eigenvalue weighted by molar-refractivity contribution is 6.02. The number of ketones is 1. The summed E-state index contributed by atoms with van der Waals surface area (Å²) in [5, 5.41) is 8.58. The largest absolute Gasteiger partial charge is 0.389 e. The maximum absolute atomic E-state index is 11.1. The second-order valence-electron chi connectivity index (χ2n) is 2.96. The fourth-order valence-corrected chi connectivity index (χ4v) is 1.49. The van der Waals surface area contributed by atoms with Gasteiger partial charge in [0.05, 0.1) is 0 Å². The molecule has 1 aliphatic rings. The van der Waals surface area contributed by atoms with Gasteiger partial charge in [0.1, 0.15) is 12.6 Å². The molecule has 5 nitrogen and oxygen atoms in total. The van der Waals surface area contributed by atoms with Crippen LogP contribution in [0.1, 0.15) is 19.8 Å². The first kappa shape index (κ1) is 9.85. The molecule has 1 N–H and O–H groups in total. The summed E-state index contributed by atoms with van der Waals surface area (Å²) in [6.07, 6.45) is 0.536. The van der Waals surface area contributed by atoms with Crippen molar-refractivity contribution >= 4 is 17.6 Å². The summed E-state index contributed by atoms with van der Waals surface area (Å²) in [4.78, 5) is 34.1. The van der Waals surface area contributed by atoms with Gasteiger partial charge in [0, 0.05) is 13.3 Å². The fraction of sp³-hybridized carbons (Fsp3) is 0.625. The van der Waals surface area contributed by atoms with Gasteiger partial charge in [0.2, 0.25) is 11.8 Å². The number of hydrogen-bond acceptors (Lipinski definition) is 4. The first-order valence-electron chi connectivity index (χ1n) is 4.04. The smallest absolute Gasteiger partial charge is 0.229 e. The highest BCUT2D eigenvalue weighted by Gasteiger charge is 2.37. The van der Waals surface area contributed by atoms with Crippen molar-refractivity contribution in [3.63, 3.8) is 0 Å². The number of Topliss-reactive ketones (excluding diaryl/α,β-unsaturated/α-hetero) is 1. The molecule has 0 aromatic heterocycles. The molecule has 1 aliphatic heterocycles. The lowest BCUT2D eigenvalue weighted by Crippen LogP contribution is -2.42. The first-order valence-corrected chi connectivity index (χ1v) is 4.04. The lowest BCUT2D eigenvalue weighted by Gasteiger charge is -2.18. The van der Waals surface area contributed by atoms with E-state index in [1.807, 2.05) is 0 Å². The van der Waals surface area contributed by atoms with Crippen molar-refractivity contribution in [3.8, 4) is 0 Å². The molecule has 5 heteroatoms. The van der Waals surface area contributed by atoms with Crippen LogP contribution in [0.2, 0.25) is 0 Å². The molecular formula is C8H11NO4. The van der Waals surface area contributed by atoms with E-state index in [-0.39, 0.29) is 12.3 Å². The zero-order valence-electron chi connectivity index (χ0n) is 7.32. The highest BCUT2D eigenvalue weighted by atomic mass is 16.3. The van der Waals surface area contributed by atoms with Crippen molar-refractivity contribution in [3.05, 3.63) is 0 Å². The van der Waals surface area contributed by atoms with Crippen molar-refractivity contribution in [2.45, 2.75) is 25.8 Å². The molecule has 72 valence electrons. The number of rotatable bonds is 2. The molecule has 2 amide bonds. The number of likely N-dealkylation sites (tertiary alicyclic amines) is 1. The number of aliphatic hydroxyl groups excluding tert-OH is 1. The highest BCUT2D eigenvalue weighted by Crippen LogP contribution is 2.19. The summed E-state index contributed by atoms with van der Waals surface area (Å²) in [5.74, 6) is -1.24. The summed E-state index contributed by atoms with van der Waals surface area (Å²) >= 11 is 0. The molecule has 1 saturated heterocycles. The van der Waals surface area contributed by atoms with Crippen LogP contribution >= 0.6 is 0 Å². The number of nitrogens with zero attached hydrogens (tertiary/aromatic N) is 1. The topological polar surface area (TPSA) is 74.7 Å². The van der Waals surface area contributed by atoms with E-state index in [0.29, 0.717) is 6.42 Å². The van der Waals surface area contributed by atoms with Crippen LogP contribution in [0.3, 0.4) is 0 Å². The van der Waals surface area contributed by atoms with Gasteiger partial charge in [-0.1, -0.05) is 0 Å². The SMILES string of the molecule is CC(=O)N1C(=O)CCC1C(=O)CO. The second-order valence-corrected chi connectivity index (χ2v) is 2.96. The standard InChI is InChI=1S/C8H11NO4/c1-5(11)9-6(7(12)4-10)2-3-8(9)13/h6,10H,2-4H2,1H3. The van der Waals surface area contributed by atoms with Gasteiger partial charge in [-0.05, 0) is 6.42 Å². The Morgan fingerprint density at radius 1 is 1.62 bits per heavy atom. The Morgan fingerprint density at radius 2 is 2.23 bits per heavy atom. The van der Waals surface area contributed by atoms with Crippen LogP contribution < -0.4 is 0 Å². The Hall–Kier alpha value is -1.23. The molecule has 0 aromatic carbocycles. The van der Waals surface area contributed by atoms with Gasteiger partial charge in [0.25, 0.3) is 0 Å². The number of imide groups is 1. The van der Waals surface area contributed by atoms with E-state index in [0.717, 1.165) is 4.90 Å². The van der Waals surface area contributed by atoms with Gasteiger partial charge in [-0.15, -0.1) is 0 Å². The number of amides is 2. The van der Waals surface area contributed by atoms with E-state index in [9.17, 15) is 14.4 Å². The number of aliphatic hydroxyl groups is 1. The summed E-state index contributed by atoms with van der Waals surface area (Å²) in [5.41, 5.74) is 0. The minimum Gasteiger partial charge on any atom is -0.389 e. The molecule has 0 bridgehead atoms. The Labute approximate surface area is 75.3 Å². The molecule has 0 aliphatic carbocycles. The molecule has 1 atom stereocenters. The van der Waals surface area contributed by atoms with Crippen LogP contribution in [0.4, 0.5) is 0 Å². The van der Waals surface area contributed by atoms with Crippen molar-refractivity contribution in [1.82, 2.24) is 4.90 Å². The van der Waals surface area contributed by atoms with E-state index in [1.54, 1.807) is 0 Å². The zero-order chi connectivity index (χ0) is 10.0. The summed E-state index contributed by atoms with van der Waals surface area (Å²) in [7, 11) is 0. The van der Waals surface area contributed by atoms with Gasteiger partial charge in [-0.3, -0.25) is 19.3 Å². The molecule has 1 heterocycles. The van der Waals surface area contributed by atoms with E-state index in [1.165, 1.54) is 6.92 Å². The van der Waals surface area contributed by atoms with Gasteiger partial charge in [0.15, 0.2) is 5.78 Å². The van der Waals surface area contributed by atoms with Gasteiger partial charge >= 0.3 is 0 Å². The molecule has 1 unspecified atom stereocenters. The zero-order valence-corrected chi connectivity index (χ0v) is 7.32. The van der Waals surface area contributed by atoms with Crippen molar-refractivity contribution in [1.29, 1.82) is 0 Å². The molecule has 1 rings (SSSR count). The minimum absolute atomic E-state index is 0.204. The van der Waals surface area contributed by atoms with E-state index < -0.39 is 24.3 Å². The Kier molecular flexibility index (Phi) is 2.77. The third kappa shape index (κ3) is 1.75. The normalized spacial score (nSPS) is 22.2. The average Bonchev–Trinajstić information content (AvgIpc) is 2.45. The number of hydrogen-bond donors (Lipinski definition) is 1. The van der Waals surface area contributed by atoms with Gasteiger partial charge in [-0.25, -0.2) is 0 Å². The van der Waals surface area contributed by atoms with Crippen LogP contribution in [0.25, 0.3) is 0 Å². The maximum Gasteiger partial charge on any atom is 0.229 e. The predicted molar refractivity (Wildman–Crippen MR) is 42.6 cm³/mol. The average molecular weight is 185 g/mol. The summed E-state index contributed by atoms with van der Waals surface area (Å²) < 4.78 is 0. The van der Waals surface area contributed by atoms with Crippen molar-refractivity contribution < 1.29 is 19.5 Å². The molecule has 1 fully saturated rings. The number of carbonyl (C=O) groups excluding carboxylic acids is 3. The third-order valence-electron chi connectivity index (χ3n) is 2.08. The molecule has 0 saturated carbocycles. The monoisotopic (exact) mass is 185 g/mol. The minimum atomic E-state index is -0.741. The molecule has 0 spiro atoms. The van der Waals surface area contributed by atoms with Crippen molar-refractivity contribution in [2.24, 2.45) is 0 Å². The van der Waals surface area contributed by atoms with Crippen LogP contribution in [0.15, 0.2) is 0 Å². The maximum atomic E-state index is 11.1. The summed E-state index contributed by atoms with van der Waals surface area (Å²) in [6.45, 7) is 0.614. The van der Waals surface area contributed by atoms with Gasteiger partial charge < -0.3 is 5.11 Å². The van der Waals surface area contributed by atoms with Crippen LogP contribution in [0.5, 0.6) is 0 Å². The third-order valence-corrected chi connectivity index (χ3v) is 2.08. The molecule has 0 aromatic rings. The van der Waals surface area contributed by atoms with Crippen molar-refractivity contribution in [2.75, 3.05) is 6.61 Å². The quantitative estimate of drug-likeness (QED) is 0.604. The Bertz CT molecular complexity index is 261. The fourth-order valence-electron chi connectivity index (χ4n) is 1.49. The van der Waals surface area contributed by atoms with E-state index in [2.05, 4.69) is 0 Å². The predicted octanol–water partition coefficient (Wildman–Crippen LogP) is -0.915. The Morgan fingerprint density at radius 3 is 2.69 bits per heavy atom. The molecular weight excluding hydrogens is 174 g/mol. The lowest BCUT2D eigenvalue weighted by molar-refractivity contribution is -0.146. The lowest BCUT2D eigenvalue weighted by atomic mass is 10.1. The second kappa shape index (κ2) is 3.66. The first-order chi connectivity index (χ1) is 6.07. The molecule has 0 radical (unpaired) electrons. The number of carbonyl (C=O) groups is 3. The Balaban J connectivity index is 2.81.